The van der Waals surface area contributed by atoms with Gasteiger partial charge in [0.15, 0.2) is 0 Å². The van der Waals surface area contributed by atoms with E-state index in [1.807, 2.05) is 12.1 Å². The summed E-state index contributed by atoms with van der Waals surface area (Å²) < 4.78 is 26.6. The van der Waals surface area contributed by atoms with Gasteiger partial charge in [-0.15, -0.1) is 0 Å². The molecule has 3 rings (SSSR count). The number of carbonyl (C=O) groups is 1. The largest absolute Gasteiger partial charge is 0.371 e. The highest BCUT2D eigenvalue weighted by Crippen LogP contribution is 2.30. The Morgan fingerprint density at radius 2 is 1.87 bits per heavy atom. The lowest BCUT2D eigenvalue weighted by Gasteiger charge is -2.34. The minimum Gasteiger partial charge on any atom is -0.371 e. The van der Waals surface area contributed by atoms with E-state index in [4.69, 9.17) is 23.2 Å². The van der Waals surface area contributed by atoms with Crippen molar-refractivity contribution in [2.24, 2.45) is 0 Å². The topological polar surface area (TPSA) is 82.6 Å². The van der Waals surface area contributed by atoms with Crippen LogP contribution in [0.25, 0.3) is 0 Å². The van der Waals surface area contributed by atoms with Crippen molar-refractivity contribution < 1.29 is 13.2 Å². The van der Waals surface area contributed by atoms with Crippen molar-refractivity contribution in [1.82, 2.24) is 14.6 Å². The number of nitrogens with zero attached hydrogens (tertiary/aromatic N) is 3. The quantitative estimate of drug-likeness (QED) is 0.671. The second-order valence-corrected chi connectivity index (χ2v) is 9.96. The number of carbonyl (C=O) groups excluding carboxylic acids is 1. The molecule has 10 heteroatoms. The Morgan fingerprint density at radius 1 is 1.20 bits per heavy atom. The summed E-state index contributed by atoms with van der Waals surface area (Å²) in [6.07, 6.45) is 5.27. The predicted molar refractivity (Wildman–Crippen MR) is 119 cm³/mol. The maximum atomic E-state index is 12.7. The van der Waals surface area contributed by atoms with Crippen LogP contribution >= 0.6 is 23.2 Å². The van der Waals surface area contributed by atoms with Gasteiger partial charge < -0.3 is 10.2 Å². The van der Waals surface area contributed by atoms with Crippen molar-refractivity contribution in [3.63, 3.8) is 0 Å². The normalized spacial score (nSPS) is 15.4. The monoisotopic (exact) mass is 470 g/mol. The van der Waals surface area contributed by atoms with Gasteiger partial charge in [0.1, 0.15) is 4.90 Å². The van der Waals surface area contributed by atoms with E-state index in [0.717, 1.165) is 35.9 Å². The number of hydrogen-bond acceptors (Lipinski definition) is 5. The average Bonchev–Trinajstić information content (AvgIpc) is 2.75. The van der Waals surface area contributed by atoms with Gasteiger partial charge in [0.2, 0.25) is 15.9 Å². The van der Waals surface area contributed by atoms with Gasteiger partial charge >= 0.3 is 0 Å². The van der Waals surface area contributed by atoms with Crippen molar-refractivity contribution >= 4 is 44.8 Å². The standard InChI is InChI=1S/C20H24Cl2N4O3S/c1-25(30(28,29)18-4-2-3-17(21)20(18)22)12-9-19(27)24-15-7-13-26(14-8-15)16-5-10-23-11-6-16/h2-6,10-11,15H,7-9,12-14H2,1H3,(H,24,27). The van der Waals surface area contributed by atoms with Gasteiger partial charge in [-0.2, -0.15) is 0 Å². The van der Waals surface area contributed by atoms with Gasteiger partial charge in [0, 0.05) is 57.2 Å². The molecule has 0 radical (unpaired) electrons. The van der Waals surface area contributed by atoms with E-state index in [-0.39, 0.29) is 39.9 Å². The molecule has 1 aliphatic heterocycles. The van der Waals surface area contributed by atoms with Crippen molar-refractivity contribution in [2.45, 2.75) is 30.2 Å². The van der Waals surface area contributed by atoms with Crippen LogP contribution in [0.15, 0.2) is 47.6 Å². The van der Waals surface area contributed by atoms with Crippen LogP contribution in [0.5, 0.6) is 0 Å². The van der Waals surface area contributed by atoms with Crippen molar-refractivity contribution in [1.29, 1.82) is 0 Å². The third-order valence-corrected chi connectivity index (χ3v) is 7.98. The molecule has 1 amide bonds. The van der Waals surface area contributed by atoms with E-state index in [2.05, 4.69) is 15.2 Å². The molecule has 1 saturated heterocycles. The molecule has 1 aliphatic rings. The highest BCUT2D eigenvalue weighted by molar-refractivity contribution is 7.89. The fraction of sp³-hybridized carbons (Fsp3) is 0.400. The van der Waals surface area contributed by atoms with Crippen LogP contribution in [0.2, 0.25) is 10.0 Å². The highest BCUT2D eigenvalue weighted by Gasteiger charge is 2.26. The Morgan fingerprint density at radius 3 is 2.53 bits per heavy atom. The zero-order valence-corrected chi connectivity index (χ0v) is 18.9. The summed E-state index contributed by atoms with van der Waals surface area (Å²) in [4.78, 5) is 18.6. The Balaban J connectivity index is 1.48. The fourth-order valence-corrected chi connectivity index (χ4v) is 5.27. The number of sulfonamides is 1. The zero-order chi connectivity index (χ0) is 21.7. The molecule has 2 heterocycles. The molecule has 0 aliphatic carbocycles. The molecule has 2 aromatic rings. The summed E-state index contributed by atoms with van der Waals surface area (Å²) in [5.41, 5.74) is 1.13. The summed E-state index contributed by atoms with van der Waals surface area (Å²) in [6.45, 7) is 1.74. The maximum absolute atomic E-state index is 12.7. The fourth-order valence-electron chi connectivity index (χ4n) is 3.37. The lowest BCUT2D eigenvalue weighted by Crippen LogP contribution is -2.45. The van der Waals surface area contributed by atoms with E-state index in [1.54, 1.807) is 12.4 Å². The number of rotatable bonds is 7. The smallest absolute Gasteiger partial charge is 0.244 e. The summed E-state index contributed by atoms with van der Waals surface area (Å²) in [5, 5.41) is 3.16. The van der Waals surface area contributed by atoms with Crippen LogP contribution in [0.4, 0.5) is 5.69 Å². The lowest BCUT2D eigenvalue weighted by atomic mass is 10.0. The number of nitrogens with one attached hydrogen (secondary N) is 1. The molecule has 0 atom stereocenters. The van der Waals surface area contributed by atoms with Crippen LogP contribution in [0.3, 0.4) is 0 Å². The van der Waals surface area contributed by atoms with Gasteiger partial charge in [-0.05, 0) is 37.1 Å². The molecule has 1 N–H and O–H groups in total. The number of aromatic nitrogens is 1. The molecule has 0 saturated carbocycles. The Hall–Kier alpha value is -1.87. The van der Waals surface area contributed by atoms with Gasteiger partial charge in [-0.1, -0.05) is 29.3 Å². The number of pyridine rings is 1. The minimum atomic E-state index is -3.83. The Labute approximate surface area is 187 Å². The first-order valence-corrected chi connectivity index (χ1v) is 11.8. The van der Waals surface area contributed by atoms with E-state index in [9.17, 15) is 13.2 Å². The van der Waals surface area contributed by atoms with E-state index >= 15 is 0 Å². The van der Waals surface area contributed by atoms with Crippen LogP contribution < -0.4 is 10.2 Å². The molecule has 1 fully saturated rings. The lowest BCUT2D eigenvalue weighted by molar-refractivity contribution is -0.122. The third-order valence-electron chi connectivity index (χ3n) is 5.15. The number of anilines is 1. The van der Waals surface area contributed by atoms with Gasteiger partial charge in [-0.3, -0.25) is 9.78 Å². The summed E-state index contributed by atoms with van der Waals surface area (Å²) in [7, 11) is -2.41. The number of hydrogen-bond donors (Lipinski definition) is 1. The Kier molecular flexibility index (Phi) is 7.57. The number of amides is 1. The predicted octanol–water partition coefficient (Wildman–Crippen LogP) is 3.18. The molecule has 0 unspecified atom stereocenters. The van der Waals surface area contributed by atoms with E-state index in [0.29, 0.717) is 0 Å². The molecule has 30 heavy (non-hydrogen) atoms. The van der Waals surface area contributed by atoms with Crippen LogP contribution in [0, 0.1) is 0 Å². The summed E-state index contributed by atoms with van der Waals surface area (Å²) in [5.74, 6) is -0.170. The molecule has 0 spiro atoms. The summed E-state index contributed by atoms with van der Waals surface area (Å²) >= 11 is 12.0. The first-order valence-electron chi connectivity index (χ1n) is 9.63. The van der Waals surface area contributed by atoms with E-state index < -0.39 is 10.0 Å². The summed E-state index contributed by atoms with van der Waals surface area (Å²) in [6, 6.07) is 8.48. The van der Waals surface area contributed by atoms with E-state index in [1.165, 1.54) is 25.2 Å². The molecule has 0 bridgehead atoms. The number of benzene rings is 1. The molecule has 162 valence electrons. The first kappa shape index (κ1) is 22.8. The molecular formula is C20H24Cl2N4O3S. The second kappa shape index (κ2) is 9.96. The van der Waals surface area contributed by atoms with Crippen molar-refractivity contribution in [3.05, 3.63) is 52.8 Å². The van der Waals surface area contributed by atoms with Gasteiger partial charge in [0.05, 0.1) is 10.0 Å². The second-order valence-electron chi connectivity index (χ2n) is 7.16. The maximum Gasteiger partial charge on any atom is 0.244 e. The Bertz CT molecular complexity index is 981. The van der Waals surface area contributed by atoms with Crippen LogP contribution in [-0.4, -0.2) is 56.3 Å². The van der Waals surface area contributed by atoms with Crippen LogP contribution in [0.1, 0.15) is 19.3 Å². The first-order chi connectivity index (χ1) is 14.3. The highest BCUT2D eigenvalue weighted by atomic mass is 35.5. The molecular weight excluding hydrogens is 447 g/mol. The molecule has 1 aromatic carbocycles. The third kappa shape index (κ3) is 5.43. The molecule has 1 aromatic heterocycles. The molecule has 7 nitrogen and oxygen atoms in total. The van der Waals surface area contributed by atoms with Crippen LogP contribution in [-0.2, 0) is 14.8 Å². The van der Waals surface area contributed by atoms with Gasteiger partial charge in [0.25, 0.3) is 0 Å². The minimum absolute atomic E-state index is 0.0172. The van der Waals surface area contributed by atoms with Crippen molar-refractivity contribution in [3.8, 4) is 0 Å². The number of halogens is 2. The van der Waals surface area contributed by atoms with Gasteiger partial charge in [-0.25, -0.2) is 12.7 Å². The average molecular weight is 471 g/mol. The number of piperidine rings is 1. The zero-order valence-electron chi connectivity index (χ0n) is 16.6. The SMILES string of the molecule is CN(CCC(=O)NC1CCN(c2ccncc2)CC1)S(=O)(=O)c1cccc(Cl)c1Cl. The van der Waals surface area contributed by atoms with Crippen molar-refractivity contribution in [2.75, 3.05) is 31.6 Å².